The average molecular weight is 404 g/mol. The molecule has 0 aromatic heterocycles. The maximum atomic E-state index is 12.6. The van der Waals surface area contributed by atoms with Gasteiger partial charge in [-0.2, -0.15) is 0 Å². The minimum atomic E-state index is -0.271. The van der Waals surface area contributed by atoms with Crippen molar-refractivity contribution in [2.45, 2.75) is 19.3 Å². The molecule has 1 saturated heterocycles. The first-order valence-electron chi connectivity index (χ1n) is 9.25. The van der Waals surface area contributed by atoms with Crippen LogP contribution in [-0.4, -0.2) is 36.5 Å². The fourth-order valence-electron chi connectivity index (χ4n) is 4.05. The van der Waals surface area contributed by atoms with E-state index in [0.29, 0.717) is 33.8 Å². The third kappa shape index (κ3) is 3.75. The Morgan fingerprint density at radius 3 is 2.04 bits per heavy atom. The lowest BCUT2D eigenvalue weighted by molar-refractivity contribution is -0.913. The molecule has 0 atom stereocenters. The van der Waals surface area contributed by atoms with Crippen LogP contribution in [0.5, 0.6) is 0 Å². The third-order valence-electron chi connectivity index (χ3n) is 5.57. The van der Waals surface area contributed by atoms with Gasteiger partial charge in [-0.25, -0.2) is 4.90 Å². The van der Waals surface area contributed by atoms with Gasteiger partial charge >= 0.3 is 0 Å². The van der Waals surface area contributed by atoms with Gasteiger partial charge in [0.15, 0.2) is 6.67 Å². The van der Waals surface area contributed by atoms with Crippen molar-refractivity contribution in [1.82, 2.24) is 4.90 Å². The van der Waals surface area contributed by atoms with Crippen molar-refractivity contribution < 1.29 is 14.5 Å². The van der Waals surface area contributed by atoms with Crippen LogP contribution in [0.4, 0.5) is 0 Å². The topological polar surface area (TPSA) is 41.8 Å². The van der Waals surface area contributed by atoms with Crippen molar-refractivity contribution in [2.75, 3.05) is 19.8 Å². The fourth-order valence-corrected chi connectivity index (χ4v) is 4.37. The first-order chi connectivity index (χ1) is 13.0. The van der Waals surface area contributed by atoms with Crippen molar-refractivity contribution in [1.29, 1.82) is 0 Å². The summed E-state index contributed by atoms with van der Waals surface area (Å²) in [4.78, 5) is 27.9. The number of hydrogen-bond acceptors (Lipinski definition) is 2. The van der Waals surface area contributed by atoms with Gasteiger partial charge < -0.3 is 4.90 Å². The van der Waals surface area contributed by atoms with Crippen molar-refractivity contribution in [3.8, 4) is 0 Å². The summed E-state index contributed by atoms with van der Waals surface area (Å²) in [5.41, 5.74) is 2.08. The van der Waals surface area contributed by atoms with Crippen LogP contribution in [0.3, 0.4) is 0 Å². The Morgan fingerprint density at radius 1 is 0.926 bits per heavy atom. The SMILES string of the molecule is O=C1c2cc(Cl)c(Cl)cc2C(=O)N1C[NH+]1CCC(Cc2ccccc2)CC1. The van der Waals surface area contributed by atoms with Gasteiger partial charge in [-0.1, -0.05) is 53.5 Å². The lowest BCUT2D eigenvalue weighted by Crippen LogP contribution is -3.14. The number of halogens is 2. The molecule has 2 aliphatic heterocycles. The van der Waals surface area contributed by atoms with Crippen molar-refractivity contribution >= 4 is 35.0 Å². The zero-order valence-corrected chi connectivity index (χ0v) is 16.4. The Morgan fingerprint density at radius 2 is 1.48 bits per heavy atom. The van der Waals surface area contributed by atoms with E-state index in [4.69, 9.17) is 23.2 Å². The highest BCUT2D eigenvalue weighted by molar-refractivity contribution is 6.43. The van der Waals surface area contributed by atoms with Gasteiger partial charge in [0.1, 0.15) is 0 Å². The maximum Gasteiger partial charge on any atom is 0.266 e. The van der Waals surface area contributed by atoms with E-state index in [9.17, 15) is 9.59 Å². The van der Waals surface area contributed by atoms with Gasteiger partial charge in [-0.15, -0.1) is 0 Å². The first kappa shape index (κ1) is 18.5. The molecule has 0 saturated carbocycles. The standard InChI is InChI=1S/C21H20Cl2N2O2/c22-18-11-16-17(12-19(18)23)21(27)25(20(16)26)13-24-8-6-15(7-9-24)10-14-4-2-1-3-5-14/h1-5,11-12,15H,6-10,13H2/p+1. The van der Waals surface area contributed by atoms with Crippen molar-refractivity contribution in [3.63, 3.8) is 0 Å². The van der Waals surface area contributed by atoms with Gasteiger partial charge in [0, 0.05) is 0 Å². The average Bonchev–Trinajstić information content (AvgIpc) is 2.89. The van der Waals surface area contributed by atoms with E-state index in [0.717, 1.165) is 32.4 Å². The lowest BCUT2D eigenvalue weighted by Gasteiger charge is -2.31. The monoisotopic (exact) mass is 403 g/mol. The second kappa shape index (κ2) is 7.63. The number of amides is 2. The summed E-state index contributed by atoms with van der Waals surface area (Å²) >= 11 is 12.0. The number of rotatable bonds is 4. The molecule has 1 N–H and O–H groups in total. The van der Waals surface area contributed by atoms with Crippen LogP contribution in [-0.2, 0) is 6.42 Å². The van der Waals surface area contributed by atoms with E-state index in [1.165, 1.54) is 27.5 Å². The second-order valence-electron chi connectivity index (χ2n) is 7.39. The number of carbonyl (C=O) groups excluding carboxylic acids is 2. The van der Waals surface area contributed by atoms with E-state index >= 15 is 0 Å². The predicted molar refractivity (Wildman–Crippen MR) is 105 cm³/mol. The number of piperidine rings is 1. The Hall–Kier alpha value is -1.88. The molecule has 0 aliphatic carbocycles. The highest BCUT2D eigenvalue weighted by Crippen LogP contribution is 2.31. The molecule has 4 rings (SSSR count). The summed E-state index contributed by atoms with van der Waals surface area (Å²) in [6, 6.07) is 13.6. The number of quaternary nitrogens is 1. The number of likely N-dealkylation sites (tertiary alicyclic amines) is 1. The van der Waals surface area contributed by atoms with Crippen LogP contribution in [0.2, 0.25) is 10.0 Å². The van der Waals surface area contributed by atoms with Gasteiger partial charge in [0.05, 0.1) is 34.3 Å². The molecular formula is C21H21Cl2N2O2+. The van der Waals surface area contributed by atoms with E-state index in [-0.39, 0.29) is 11.8 Å². The lowest BCUT2D eigenvalue weighted by atomic mass is 9.90. The number of nitrogens with one attached hydrogen (secondary N) is 1. The molecule has 27 heavy (non-hydrogen) atoms. The Kier molecular flexibility index (Phi) is 5.22. The second-order valence-corrected chi connectivity index (χ2v) is 8.21. The number of benzene rings is 2. The summed E-state index contributed by atoms with van der Waals surface area (Å²) < 4.78 is 0. The van der Waals surface area contributed by atoms with E-state index in [1.54, 1.807) is 0 Å². The summed E-state index contributed by atoms with van der Waals surface area (Å²) in [5.74, 6) is 0.121. The van der Waals surface area contributed by atoms with E-state index < -0.39 is 0 Å². The van der Waals surface area contributed by atoms with Gasteiger partial charge in [0.25, 0.3) is 11.8 Å². The van der Waals surface area contributed by atoms with E-state index in [1.807, 2.05) is 6.07 Å². The molecule has 2 aromatic carbocycles. The molecule has 2 aliphatic rings. The molecule has 0 radical (unpaired) electrons. The Bertz CT molecular complexity index is 836. The van der Waals surface area contributed by atoms with Crippen LogP contribution in [0.25, 0.3) is 0 Å². The fraction of sp³-hybridized carbons (Fsp3) is 0.333. The minimum absolute atomic E-state index is 0.271. The molecule has 2 aromatic rings. The van der Waals surface area contributed by atoms with Crippen LogP contribution in [0.1, 0.15) is 39.1 Å². The largest absolute Gasteiger partial charge is 0.317 e. The number of hydrogen-bond donors (Lipinski definition) is 1. The van der Waals surface area contributed by atoms with E-state index in [2.05, 4.69) is 24.3 Å². The summed E-state index contributed by atoms with van der Waals surface area (Å²) in [6.07, 6.45) is 3.30. The molecule has 0 bridgehead atoms. The normalized spacial score (nSPS) is 22.2. The molecule has 2 amide bonds. The number of imide groups is 1. The number of fused-ring (bicyclic) bond motifs is 1. The van der Waals surface area contributed by atoms with Gasteiger partial charge in [-0.3, -0.25) is 9.59 Å². The quantitative estimate of drug-likeness (QED) is 0.796. The number of carbonyl (C=O) groups is 2. The zero-order chi connectivity index (χ0) is 19.0. The molecule has 4 nitrogen and oxygen atoms in total. The summed E-state index contributed by atoms with van der Waals surface area (Å²) in [6.45, 7) is 2.33. The molecule has 0 spiro atoms. The molecule has 140 valence electrons. The highest BCUT2D eigenvalue weighted by atomic mass is 35.5. The number of nitrogens with zero attached hydrogens (tertiary/aromatic N) is 1. The third-order valence-corrected chi connectivity index (χ3v) is 6.29. The van der Waals surface area contributed by atoms with Crippen molar-refractivity contribution in [3.05, 3.63) is 69.2 Å². The first-order valence-corrected chi connectivity index (χ1v) is 10.0. The smallest absolute Gasteiger partial charge is 0.266 e. The summed E-state index contributed by atoms with van der Waals surface area (Å²) in [7, 11) is 0. The zero-order valence-electron chi connectivity index (χ0n) is 14.9. The van der Waals surface area contributed by atoms with Crippen molar-refractivity contribution in [2.24, 2.45) is 5.92 Å². The Labute approximate surface area is 168 Å². The molecule has 2 heterocycles. The summed E-state index contributed by atoms with van der Waals surface area (Å²) in [5, 5.41) is 0.597. The Balaban J connectivity index is 1.37. The molecule has 1 fully saturated rings. The predicted octanol–water partition coefficient (Wildman–Crippen LogP) is 3.08. The minimum Gasteiger partial charge on any atom is -0.317 e. The highest BCUT2D eigenvalue weighted by Gasteiger charge is 2.39. The van der Waals surface area contributed by atoms with Crippen LogP contribution in [0.15, 0.2) is 42.5 Å². The van der Waals surface area contributed by atoms with Crippen LogP contribution >= 0.6 is 23.2 Å². The van der Waals surface area contributed by atoms with Crippen LogP contribution in [0, 0.1) is 5.92 Å². The molecular weight excluding hydrogens is 383 g/mol. The van der Waals surface area contributed by atoms with Gasteiger partial charge in [0.2, 0.25) is 0 Å². The van der Waals surface area contributed by atoms with Crippen LogP contribution < -0.4 is 4.90 Å². The molecule has 6 heteroatoms. The molecule has 0 unspecified atom stereocenters. The maximum absolute atomic E-state index is 12.6. The van der Waals surface area contributed by atoms with Gasteiger partial charge in [-0.05, 0) is 42.9 Å².